The molecular formula is C26H35N2O9P. The minimum Gasteiger partial charge on any atom is -0.482 e. The molecule has 2 aromatic rings. The summed E-state index contributed by atoms with van der Waals surface area (Å²) in [6.45, 7) is 5.37. The number of hydrogen-bond donors (Lipinski definition) is 3. The van der Waals surface area contributed by atoms with E-state index in [1.165, 1.54) is 0 Å². The standard InChI is InChI=1S/C26H35N2O9P/c1-4-35-24(29)17-36-22-12-10-20(11-13-22)14-23(25(30)37-16-21-8-6-5-7-9-21)27-26(31)28(15-19(2)3)18-38(32,33)34/h5-13,19,23H,4,14-18H2,1-3H3,(H,27,31)(H2,32,33,34)/t23-/m0/s1. The predicted octanol–water partition coefficient (Wildman–Crippen LogP) is 3.09. The summed E-state index contributed by atoms with van der Waals surface area (Å²) in [4.78, 5) is 57.3. The molecule has 0 spiro atoms. The monoisotopic (exact) mass is 550 g/mol. The Kier molecular flexibility index (Phi) is 12.3. The Hall–Kier alpha value is -3.40. The van der Waals surface area contributed by atoms with E-state index in [9.17, 15) is 28.7 Å². The fraction of sp³-hybridized carbons (Fsp3) is 0.423. The number of nitrogens with one attached hydrogen (secondary N) is 1. The van der Waals surface area contributed by atoms with Gasteiger partial charge in [0.15, 0.2) is 6.61 Å². The molecule has 2 amide bonds. The third-order valence-electron chi connectivity index (χ3n) is 5.06. The number of hydrogen-bond acceptors (Lipinski definition) is 7. The van der Waals surface area contributed by atoms with Crippen molar-refractivity contribution >= 4 is 25.6 Å². The van der Waals surface area contributed by atoms with Crippen LogP contribution >= 0.6 is 7.60 Å². The molecule has 0 aliphatic heterocycles. The summed E-state index contributed by atoms with van der Waals surface area (Å²) >= 11 is 0. The van der Waals surface area contributed by atoms with Crippen molar-refractivity contribution in [2.75, 3.05) is 26.0 Å². The van der Waals surface area contributed by atoms with E-state index in [0.717, 1.165) is 10.5 Å². The van der Waals surface area contributed by atoms with Gasteiger partial charge in [-0.05, 0) is 36.1 Å². The highest BCUT2D eigenvalue weighted by Crippen LogP contribution is 2.35. The summed E-state index contributed by atoms with van der Waals surface area (Å²) < 4.78 is 27.2. The molecule has 208 valence electrons. The molecule has 0 heterocycles. The Labute approximate surface area is 222 Å². The van der Waals surface area contributed by atoms with Crippen LogP contribution in [0.25, 0.3) is 0 Å². The predicted molar refractivity (Wildman–Crippen MR) is 139 cm³/mol. The van der Waals surface area contributed by atoms with Gasteiger partial charge in [-0.15, -0.1) is 0 Å². The lowest BCUT2D eigenvalue weighted by Gasteiger charge is -2.27. The van der Waals surface area contributed by atoms with E-state index in [-0.39, 0.29) is 38.7 Å². The average Bonchev–Trinajstić information content (AvgIpc) is 2.85. The topological polar surface area (TPSA) is 152 Å². The van der Waals surface area contributed by atoms with Crippen molar-refractivity contribution in [1.29, 1.82) is 0 Å². The highest BCUT2D eigenvalue weighted by molar-refractivity contribution is 7.51. The van der Waals surface area contributed by atoms with Crippen LogP contribution in [-0.2, 0) is 36.7 Å². The lowest BCUT2D eigenvalue weighted by molar-refractivity contribution is -0.147. The molecule has 2 rings (SSSR count). The van der Waals surface area contributed by atoms with Gasteiger partial charge in [0.25, 0.3) is 0 Å². The van der Waals surface area contributed by atoms with E-state index in [0.29, 0.717) is 11.3 Å². The summed E-state index contributed by atoms with van der Waals surface area (Å²) in [6.07, 6.45) is -0.738. The molecule has 2 aromatic carbocycles. The van der Waals surface area contributed by atoms with Gasteiger partial charge in [0, 0.05) is 13.0 Å². The largest absolute Gasteiger partial charge is 0.482 e. The van der Waals surface area contributed by atoms with Crippen molar-refractivity contribution in [2.24, 2.45) is 5.92 Å². The van der Waals surface area contributed by atoms with E-state index in [4.69, 9.17) is 14.2 Å². The fourth-order valence-electron chi connectivity index (χ4n) is 3.43. The Morgan fingerprint density at radius 1 is 0.974 bits per heavy atom. The first-order chi connectivity index (χ1) is 18.0. The molecule has 0 saturated heterocycles. The third kappa shape index (κ3) is 11.8. The lowest BCUT2D eigenvalue weighted by atomic mass is 10.1. The van der Waals surface area contributed by atoms with E-state index in [1.807, 2.05) is 6.07 Å². The second-order valence-electron chi connectivity index (χ2n) is 8.96. The van der Waals surface area contributed by atoms with Gasteiger partial charge in [0.05, 0.1) is 6.61 Å². The maximum absolute atomic E-state index is 13.0. The zero-order chi connectivity index (χ0) is 28.1. The number of benzene rings is 2. The number of rotatable bonds is 14. The van der Waals surface area contributed by atoms with E-state index < -0.39 is 37.9 Å². The summed E-state index contributed by atoms with van der Waals surface area (Å²) in [5.41, 5.74) is 1.41. The molecule has 0 saturated carbocycles. The Morgan fingerprint density at radius 3 is 2.21 bits per heavy atom. The SMILES string of the molecule is CCOC(=O)COc1ccc(C[C@H](NC(=O)N(CC(C)C)CP(=O)(O)O)C(=O)OCc2ccccc2)cc1. The van der Waals surface area contributed by atoms with Crippen molar-refractivity contribution < 1.29 is 42.9 Å². The van der Waals surface area contributed by atoms with E-state index in [2.05, 4.69) is 5.32 Å². The Balaban J connectivity index is 2.16. The molecule has 0 aliphatic carbocycles. The molecule has 0 radical (unpaired) electrons. The number of ether oxygens (including phenoxy) is 3. The molecule has 0 bridgehead atoms. The van der Waals surface area contributed by atoms with Gasteiger partial charge in [-0.2, -0.15) is 0 Å². The number of amides is 2. The van der Waals surface area contributed by atoms with Gasteiger partial charge in [0.2, 0.25) is 0 Å². The quantitative estimate of drug-likeness (QED) is 0.238. The maximum atomic E-state index is 13.0. The normalized spacial score (nSPS) is 11.9. The molecule has 0 aliphatic rings. The van der Waals surface area contributed by atoms with Crippen molar-refractivity contribution in [2.45, 2.75) is 39.8 Å². The van der Waals surface area contributed by atoms with E-state index in [1.54, 1.807) is 69.3 Å². The van der Waals surface area contributed by atoms with Crippen LogP contribution in [0.4, 0.5) is 4.79 Å². The van der Waals surface area contributed by atoms with Crippen LogP contribution < -0.4 is 10.1 Å². The number of urea groups is 1. The number of carbonyl (C=O) groups excluding carboxylic acids is 3. The average molecular weight is 551 g/mol. The Bertz CT molecular complexity index is 1090. The minimum absolute atomic E-state index is 0.00906. The van der Waals surface area contributed by atoms with Gasteiger partial charge in [0.1, 0.15) is 24.7 Å². The molecule has 0 aromatic heterocycles. The van der Waals surface area contributed by atoms with Gasteiger partial charge in [-0.3, -0.25) is 4.57 Å². The zero-order valence-corrected chi connectivity index (χ0v) is 22.6. The number of carbonyl (C=O) groups is 3. The second kappa shape index (κ2) is 15.1. The number of esters is 2. The maximum Gasteiger partial charge on any atom is 0.344 e. The summed E-state index contributed by atoms with van der Waals surface area (Å²) in [7, 11) is -4.54. The molecule has 0 fully saturated rings. The molecule has 3 N–H and O–H groups in total. The molecular weight excluding hydrogens is 515 g/mol. The van der Waals surface area contributed by atoms with Gasteiger partial charge in [-0.1, -0.05) is 56.3 Å². The van der Waals surface area contributed by atoms with E-state index >= 15 is 0 Å². The van der Waals surface area contributed by atoms with Gasteiger partial charge >= 0.3 is 25.6 Å². The van der Waals surface area contributed by atoms with Crippen LogP contribution in [0.15, 0.2) is 54.6 Å². The minimum atomic E-state index is -4.54. The first kappa shape index (κ1) is 30.8. The molecule has 1 atom stereocenters. The smallest absolute Gasteiger partial charge is 0.344 e. The van der Waals surface area contributed by atoms with Crippen LogP contribution in [0, 0.1) is 5.92 Å². The van der Waals surface area contributed by atoms with Crippen LogP contribution in [0.3, 0.4) is 0 Å². The molecule has 12 heteroatoms. The Morgan fingerprint density at radius 2 is 1.63 bits per heavy atom. The van der Waals surface area contributed by atoms with Crippen LogP contribution in [0.1, 0.15) is 31.9 Å². The van der Waals surface area contributed by atoms with Crippen LogP contribution in [0.5, 0.6) is 5.75 Å². The van der Waals surface area contributed by atoms with Crippen molar-refractivity contribution in [3.8, 4) is 5.75 Å². The van der Waals surface area contributed by atoms with Crippen LogP contribution in [0.2, 0.25) is 0 Å². The van der Waals surface area contributed by atoms with Crippen molar-refractivity contribution in [3.63, 3.8) is 0 Å². The van der Waals surface area contributed by atoms with Crippen LogP contribution in [-0.4, -0.2) is 64.7 Å². The molecule has 0 unspecified atom stereocenters. The van der Waals surface area contributed by atoms with Gasteiger partial charge < -0.3 is 34.2 Å². The number of nitrogens with zero attached hydrogens (tertiary/aromatic N) is 1. The highest BCUT2D eigenvalue weighted by Gasteiger charge is 2.29. The summed E-state index contributed by atoms with van der Waals surface area (Å²) in [5.74, 6) is -0.857. The summed E-state index contributed by atoms with van der Waals surface area (Å²) in [5, 5.41) is 2.58. The highest BCUT2D eigenvalue weighted by atomic mass is 31.2. The summed E-state index contributed by atoms with van der Waals surface area (Å²) in [6, 6.07) is 13.7. The first-order valence-corrected chi connectivity index (χ1v) is 13.9. The lowest BCUT2D eigenvalue weighted by Crippen LogP contribution is -2.50. The second-order valence-corrected chi connectivity index (χ2v) is 10.6. The molecule has 38 heavy (non-hydrogen) atoms. The van der Waals surface area contributed by atoms with Gasteiger partial charge in [-0.25, -0.2) is 14.4 Å². The van der Waals surface area contributed by atoms with Crippen molar-refractivity contribution in [3.05, 3.63) is 65.7 Å². The fourth-order valence-corrected chi connectivity index (χ4v) is 4.12. The zero-order valence-electron chi connectivity index (χ0n) is 21.7. The molecule has 11 nitrogen and oxygen atoms in total. The first-order valence-electron chi connectivity index (χ1n) is 12.1. The van der Waals surface area contributed by atoms with Crippen molar-refractivity contribution in [1.82, 2.24) is 10.2 Å². The third-order valence-corrected chi connectivity index (χ3v) is 5.77.